The number of hydrogen-bond acceptors (Lipinski definition) is 4. The van der Waals surface area contributed by atoms with Gasteiger partial charge in [0.05, 0.1) is 12.1 Å². The first kappa shape index (κ1) is 16.8. The van der Waals surface area contributed by atoms with E-state index < -0.39 is 29.4 Å². The van der Waals surface area contributed by atoms with Gasteiger partial charge < -0.3 is 20.1 Å². The van der Waals surface area contributed by atoms with Crippen molar-refractivity contribution in [3.05, 3.63) is 45.8 Å². The molecule has 0 radical (unpaired) electrons. The minimum Gasteiger partial charge on any atom is -0.509 e. The van der Waals surface area contributed by atoms with Crippen molar-refractivity contribution in [3.63, 3.8) is 0 Å². The number of carbonyl (C=O) groups excluding carboxylic acids is 2. The number of carbonyl (C=O) groups is 2. The van der Waals surface area contributed by atoms with Crippen molar-refractivity contribution in [1.82, 2.24) is 9.88 Å². The molecular weight excluding hydrogens is 368 g/mol. The van der Waals surface area contributed by atoms with Crippen molar-refractivity contribution in [3.8, 4) is 0 Å². The number of aliphatic hydroxyl groups excluding tert-OH is 2. The fourth-order valence-electron chi connectivity index (χ4n) is 5.63. The molecule has 1 saturated heterocycles. The summed E-state index contributed by atoms with van der Waals surface area (Å²) < 4.78 is 0. The predicted molar refractivity (Wildman–Crippen MR) is 99.5 cm³/mol. The lowest BCUT2D eigenvalue weighted by atomic mass is 9.67. The molecule has 4 atom stereocenters. The minimum absolute atomic E-state index is 0.144. The molecule has 1 aromatic heterocycles. The second kappa shape index (κ2) is 4.94. The van der Waals surface area contributed by atoms with Crippen LogP contribution >= 0.6 is 11.6 Å². The molecule has 6 nitrogen and oxygen atoms in total. The van der Waals surface area contributed by atoms with Crippen LogP contribution in [0.4, 0.5) is 0 Å². The SMILES string of the molecule is CC(=O)C1=C(O)[C@@H]2[C@H]3c4c[nH]c5cc(Cl)cc(c45)[C@@H](O)[C@H]3C(C)(C)N2C1=O. The Morgan fingerprint density at radius 2 is 2.00 bits per heavy atom. The quantitative estimate of drug-likeness (QED) is 0.657. The lowest BCUT2D eigenvalue weighted by Gasteiger charge is -2.40. The molecule has 0 unspecified atom stereocenters. The van der Waals surface area contributed by atoms with Gasteiger partial charge in [0.2, 0.25) is 0 Å². The van der Waals surface area contributed by atoms with Gasteiger partial charge in [0.15, 0.2) is 5.78 Å². The number of aromatic nitrogens is 1. The molecule has 5 rings (SSSR count). The first-order chi connectivity index (χ1) is 12.7. The monoisotopic (exact) mass is 386 g/mol. The maximum Gasteiger partial charge on any atom is 0.262 e. The van der Waals surface area contributed by atoms with Crippen molar-refractivity contribution in [2.45, 2.75) is 44.4 Å². The Labute approximate surface area is 160 Å². The number of hydrogen-bond donors (Lipinski definition) is 3. The van der Waals surface area contributed by atoms with Gasteiger partial charge in [0.1, 0.15) is 11.3 Å². The highest BCUT2D eigenvalue weighted by Crippen LogP contribution is 2.61. The third-order valence-electron chi connectivity index (χ3n) is 6.59. The second-order valence-corrected chi connectivity index (χ2v) is 8.68. The van der Waals surface area contributed by atoms with Gasteiger partial charge in [-0.15, -0.1) is 0 Å². The number of nitrogens with one attached hydrogen (secondary N) is 1. The Morgan fingerprint density at radius 1 is 1.30 bits per heavy atom. The Morgan fingerprint density at radius 3 is 2.67 bits per heavy atom. The Kier molecular flexibility index (Phi) is 3.08. The maximum atomic E-state index is 13.0. The van der Waals surface area contributed by atoms with Crippen LogP contribution in [0.15, 0.2) is 29.7 Å². The van der Waals surface area contributed by atoms with Gasteiger partial charge in [0, 0.05) is 39.5 Å². The molecule has 1 aliphatic carbocycles. The summed E-state index contributed by atoms with van der Waals surface area (Å²) in [6.45, 7) is 5.04. The number of Topliss-reactive ketones (excluding diaryl/α,β-unsaturated/α-hetero) is 1. The summed E-state index contributed by atoms with van der Waals surface area (Å²) in [5.74, 6) is -1.76. The number of H-pyrrole nitrogens is 1. The van der Waals surface area contributed by atoms with Gasteiger partial charge in [0.25, 0.3) is 5.91 Å². The zero-order valence-electron chi connectivity index (χ0n) is 15.1. The molecule has 0 saturated carbocycles. The summed E-state index contributed by atoms with van der Waals surface area (Å²) in [5, 5.41) is 23.5. The van der Waals surface area contributed by atoms with Crippen LogP contribution in [0.3, 0.4) is 0 Å². The van der Waals surface area contributed by atoms with Crippen molar-refractivity contribution in [2.24, 2.45) is 5.92 Å². The summed E-state index contributed by atoms with van der Waals surface area (Å²) in [7, 11) is 0. The van der Waals surface area contributed by atoms with Gasteiger partial charge in [-0.05, 0) is 44.0 Å². The molecule has 7 heteroatoms. The zero-order chi connectivity index (χ0) is 19.4. The molecule has 140 valence electrons. The summed E-state index contributed by atoms with van der Waals surface area (Å²) >= 11 is 6.23. The molecule has 3 heterocycles. The zero-order valence-corrected chi connectivity index (χ0v) is 15.8. The van der Waals surface area contributed by atoms with Crippen molar-refractivity contribution in [2.75, 3.05) is 0 Å². The molecular formula is C20H19ClN2O4. The van der Waals surface area contributed by atoms with E-state index >= 15 is 0 Å². The molecule has 3 N–H and O–H groups in total. The fraction of sp³-hybridized carbons (Fsp3) is 0.400. The molecule has 0 bridgehead atoms. The predicted octanol–water partition coefficient (Wildman–Crippen LogP) is 2.97. The molecule has 1 aromatic carbocycles. The topological polar surface area (TPSA) is 93.6 Å². The van der Waals surface area contributed by atoms with Crippen LogP contribution in [0, 0.1) is 5.92 Å². The summed E-state index contributed by atoms with van der Waals surface area (Å²) in [5.41, 5.74) is 1.56. The highest BCUT2D eigenvalue weighted by atomic mass is 35.5. The largest absolute Gasteiger partial charge is 0.509 e. The number of fused-ring (bicyclic) bond motifs is 4. The lowest BCUT2D eigenvalue weighted by molar-refractivity contribution is -0.133. The van der Waals surface area contributed by atoms with Crippen LogP contribution in [0.25, 0.3) is 10.9 Å². The van der Waals surface area contributed by atoms with E-state index in [0.29, 0.717) is 5.02 Å². The molecule has 3 aliphatic rings. The molecule has 0 spiro atoms. The summed E-state index contributed by atoms with van der Waals surface area (Å²) in [6, 6.07) is 2.90. The standard InChI is InChI=1S/C20H19ClN2O4/c1-7(24)12-18(26)16-14-10-6-22-11-5-8(21)4-9(13(10)11)17(25)15(14)20(2,3)23(16)19(12)27/h4-6,14-17,22,25-26H,1-3H3/t14-,15-,16-,17+/m0/s1. The van der Waals surface area contributed by atoms with E-state index in [1.54, 1.807) is 17.0 Å². The van der Waals surface area contributed by atoms with E-state index in [-0.39, 0.29) is 23.2 Å². The average Bonchev–Trinajstić information content (AvgIpc) is 3.16. The van der Waals surface area contributed by atoms with E-state index in [1.165, 1.54) is 6.92 Å². The smallest absolute Gasteiger partial charge is 0.262 e. The van der Waals surface area contributed by atoms with Crippen LogP contribution in [-0.2, 0) is 9.59 Å². The third kappa shape index (κ3) is 1.80. The number of nitrogens with zero attached hydrogens (tertiary/aromatic N) is 1. The van der Waals surface area contributed by atoms with Crippen molar-refractivity contribution >= 4 is 34.2 Å². The third-order valence-corrected chi connectivity index (χ3v) is 6.80. The van der Waals surface area contributed by atoms with Crippen LogP contribution in [0.5, 0.6) is 0 Å². The van der Waals surface area contributed by atoms with Gasteiger partial charge in [-0.3, -0.25) is 9.59 Å². The summed E-state index contributed by atoms with van der Waals surface area (Å²) in [4.78, 5) is 29.7. The van der Waals surface area contributed by atoms with E-state index in [4.69, 9.17) is 11.6 Å². The van der Waals surface area contributed by atoms with E-state index in [0.717, 1.165) is 22.0 Å². The number of aromatic amines is 1. The highest BCUT2D eigenvalue weighted by Gasteiger charge is 2.65. The maximum absolute atomic E-state index is 13.0. The van der Waals surface area contributed by atoms with E-state index in [1.807, 2.05) is 20.0 Å². The van der Waals surface area contributed by atoms with Crippen LogP contribution in [0.1, 0.15) is 43.9 Å². The molecule has 27 heavy (non-hydrogen) atoms. The average molecular weight is 387 g/mol. The Bertz CT molecular complexity index is 1080. The van der Waals surface area contributed by atoms with Crippen LogP contribution in [0.2, 0.25) is 5.02 Å². The minimum atomic E-state index is -0.846. The van der Waals surface area contributed by atoms with Crippen molar-refractivity contribution in [1.29, 1.82) is 0 Å². The number of aliphatic hydroxyl groups is 2. The Balaban J connectivity index is 1.82. The highest BCUT2D eigenvalue weighted by molar-refractivity contribution is 6.31. The van der Waals surface area contributed by atoms with Gasteiger partial charge in [-0.1, -0.05) is 11.6 Å². The van der Waals surface area contributed by atoms with Crippen LogP contribution in [-0.4, -0.2) is 43.4 Å². The summed E-state index contributed by atoms with van der Waals surface area (Å²) in [6.07, 6.45) is 1.01. The fourth-order valence-corrected chi connectivity index (χ4v) is 5.86. The number of benzene rings is 1. The normalized spacial score (nSPS) is 30.9. The molecule has 1 amide bonds. The number of halogens is 1. The lowest BCUT2D eigenvalue weighted by Crippen LogP contribution is -2.48. The Hall–Kier alpha value is -2.31. The van der Waals surface area contributed by atoms with Crippen molar-refractivity contribution < 1.29 is 19.8 Å². The first-order valence-corrected chi connectivity index (χ1v) is 9.30. The van der Waals surface area contributed by atoms with Gasteiger partial charge >= 0.3 is 0 Å². The van der Waals surface area contributed by atoms with Gasteiger partial charge in [-0.2, -0.15) is 0 Å². The first-order valence-electron chi connectivity index (χ1n) is 8.92. The molecule has 2 aliphatic heterocycles. The van der Waals surface area contributed by atoms with E-state index in [2.05, 4.69) is 4.98 Å². The van der Waals surface area contributed by atoms with Crippen LogP contribution < -0.4 is 0 Å². The molecule has 1 fully saturated rings. The van der Waals surface area contributed by atoms with E-state index in [9.17, 15) is 19.8 Å². The van der Waals surface area contributed by atoms with Gasteiger partial charge in [-0.25, -0.2) is 0 Å². The second-order valence-electron chi connectivity index (χ2n) is 8.25. The number of ketones is 1. The number of rotatable bonds is 1. The number of amides is 1. The molecule has 2 aromatic rings.